The molecule has 0 saturated heterocycles. The van der Waals surface area contributed by atoms with Crippen molar-refractivity contribution < 1.29 is 5.11 Å². The number of phenols is 1. The summed E-state index contributed by atoms with van der Waals surface area (Å²) in [6.07, 6.45) is 1.63. The van der Waals surface area contributed by atoms with Gasteiger partial charge in [0.1, 0.15) is 5.75 Å². The van der Waals surface area contributed by atoms with Crippen molar-refractivity contribution in [2.75, 3.05) is 0 Å². The summed E-state index contributed by atoms with van der Waals surface area (Å²) in [4.78, 5) is 5.02. The maximum atomic E-state index is 9.10. The van der Waals surface area contributed by atoms with Gasteiger partial charge in [0.15, 0.2) is 0 Å². The summed E-state index contributed by atoms with van der Waals surface area (Å²) in [6.45, 7) is 0. The molecule has 1 aromatic carbocycles. The fourth-order valence-corrected chi connectivity index (χ4v) is 1.51. The van der Waals surface area contributed by atoms with E-state index in [1.54, 1.807) is 24.5 Å². The molecule has 0 spiro atoms. The Kier molecular flexibility index (Phi) is 1.47. The first-order valence-electron chi connectivity index (χ1n) is 3.14. The number of nitrogens with zero attached hydrogens (tertiary/aromatic N) is 1. The number of aromatic hydroxyl groups is 1. The molecule has 0 aromatic heterocycles. The summed E-state index contributed by atoms with van der Waals surface area (Å²) >= 11 is 1.44. The number of fused-ring (bicyclic) bond motifs is 1. The van der Waals surface area contributed by atoms with Crippen LogP contribution in [0.15, 0.2) is 28.1 Å². The molecule has 0 amide bonds. The summed E-state index contributed by atoms with van der Waals surface area (Å²) < 4.78 is 2.88. The lowest BCUT2D eigenvalue weighted by Crippen LogP contribution is -2.01. The molecule has 0 saturated carbocycles. The van der Waals surface area contributed by atoms with Crippen LogP contribution in [0.2, 0.25) is 0 Å². The van der Waals surface area contributed by atoms with E-state index < -0.39 is 0 Å². The number of hydrogen-bond donors (Lipinski definition) is 2. The Labute approximate surface area is 68.3 Å². The molecule has 56 valence electrons. The van der Waals surface area contributed by atoms with Crippen LogP contribution >= 0.6 is 11.9 Å². The topological polar surface area (TPSA) is 44.6 Å². The van der Waals surface area contributed by atoms with Crippen molar-refractivity contribution in [2.45, 2.75) is 4.90 Å². The molecule has 0 aliphatic carbocycles. The van der Waals surface area contributed by atoms with Crippen LogP contribution in [0.4, 0.5) is 5.69 Å². The van der Waals surface area contributed by atoms with Gasteiger partial charge in [-0.1, -0.05) is 0 Å². The largest absolute Gasteiger partial charge is 0.508 e. The zero-order valence-corrected chi connectivity index (χ0v) is 6.43. The van der Waals surface area contributed by atoms with Gasteiger partial charge in [0.05, 0.1) is 16.9 Å². The van der Waals surface area contributed by atoms with E-state index in [1.165, 1.54) is 11.9 Å². The number of aliphatic imine (C=N–C) groups is 1. The van der Waals surface area contributed by atoms with Gasteiger partial charge in [-0.2, -0.15) is 0 Å². The fourth-order valence-electron chi connectivity index (χ4n) is 0.877. The van der Waals surface area contributed by atoms with Crippen molar-refractivity contribution in [1.29, 1.82) is 0 Å². The van der Waals surface area contributed by atoms with Gasteiger partial charge in [0, 0.05) is 0 Å². The van der Waals surface area contributed by atoms with Gasteiger partial charge in [-0.25, -0.2) is 4.99 Å². The first-order valence-corrected chi connectivity index (χ1v) is 3.96. The van der Waals surface area contributed by atoms with Crippen LogP contribution in [0, 0.1) is 0 Å². The highest BCUT2D eigenvalue weighted by Gasteiger charge is 2.05. The molecule has 0 bridgehead atoms. The molecule has 2 N–H and O–H groups in total. The van der Waals surface area contributed by atoms with Crippen LogP contribution in [-0.2, 0) is 0 Å². The van der Waals surface area contributed by atoms with Gasteiger partial charge in [-0.15, -0.1) is 0 Å². The van der Waals surface area contributed by atoms with Gasteiger partial charge < -0.3 is 9.83 Å². The van der Waals surface area contributed by atoms with Crippen molar-refractivity contribution in [3.63, 3.8) is 0 Å². The molecule has 0 fully saturated rings. The van der Waals surface area contributed by atoms with Crippen molar-refractivity contribution in [3.05, 3.63) is 18.2 Å². The summed E-state index contributed by atoms with van der Waals surface area (Å²) in [6, 6.07) is 5.10. The molecular formula is C7H6N2OS. The molecule has 0 atom stereocenters. The minimum Gasteiger partial charge on any atom is -0.508 e. The zero-order chi connectivity index (χ0) is 7.68. The van der Waals surface area contributed by atoms with E-state index in [-0.39, 0.29) is 5.75 Å². The maximum Gasteiger partial charge on any atom is 0.116 e. The van der Waals surface area contributed by atoms with E-state index in [0.717, 1.165) is 10.6 Å². The number of phenolic OH excluding ortho intramolecular Hbond substituents is 1. The van der Waals surface area contributed by atoms with Crippen molar-refractivity contribution in [3.8, 4) is 5.75 Å². The van der Waals surface area contributed by atoms with E-state index in [4.69, 9.17) is 5.11 Å². The van der Waals surface area contributed by atoms with E-state index in [1.807, 2.05) is 0 Å². The average Bonchev–Trinajstić information content (AvgIpc) is 2.04. The van der Waals surface area contributed by atoms with Crippen molar-refractivity contribution in [1.82, 2.24) is 4.72 Å². The van der Waals surface area contributed by atoms with Gasteiger partial charge in [0.2, 0.25) is 0 Å². The molecule has 2 rings (SSSR count). The number of rotatable bonds is 0. The minimum absolute atomic E-state index is 0.273. The van der Waals surface area contributed by atoms with E-state index >= 15 is 0 Å². The molecule has 1 heterocycles. The van der Waals surface area contributed by atoms with Crippen LogP contribution in [0.25, 0.3) is 0 Å². The second-order valence-electron chi connectivity index (χ2n) is 2.13. The van der Waals surface area contributed by atoms with Crippen LogP contribution in [0.3, 0.4) is 0 Å². The smallest absolute Gasteiger partial charge is 0.116 e. The molecule has 3 nitrogen and oxygen atoms in total. The van der Waals surface area contributed by atoms with E-state index in [2.05, 4.69) is 9.71 Å². The molecule has 1 aromatic rings. The van der Waals surface area contributed by atoms with Gasteiger partial charge >= 0.3 is 0 Å². The maximum absolute atomic E-state index is 9.10. The lowest BCUT2D eigenvalue weighted by atomic mass is 10.3. The van der Waals surface area contributed by atoms with E-state index in [0.29, 0.717) is 0 Å². The first kappa shape index (κ1) is 6.54. The zero-order valence-electron chi connectivity index (χ0n) is 5.61. The Balaban J connectivity index is 2.53. The Morgan fingerprint density at radius 1 is 1.45 bits per heavy atom. The Morgan fingerprint density at radius 2 is 2.36 bits per heavy atom. The van der Waals surface area contributed by atoms with Crippen molar-refractivity contribution in [2.24, 2.45) is 4.99 Å². The average molecular weight is 166 g/mol. The lowest BCUT2D eigenvalue weighted by Gasteiger charge is -2.08. The SMILES string of the molecule is Oc1ccc2c(c1)SNC=N2. The fraction of sp³-hybridized carbons (Fsp3) is 0. The highest BCUT2D eigenvalue weighted by atomic mass is 32.2. The predicted octanol–water partition coefficient (Wildman–Crippen LogP) is 1.66. The van der Waals surface area contributed by atoms with Gasteiger partial charge in [0.25, 0.3) is 0 Å². The molecule has 0 unspecified atom stereocenters. The van der Waals surface area contributed by atoms with Gasteiger partial charge in [-0.05, 0) is 30.1 Å². The van der Waals surface area contributed by atoms with Crippen LogP contribution in [-0.4, -0.2) is 11.4 Å². The third-order valence-corrected chi connectivity index (χ3v) is 2.14. The molecule has 1 aliphatic rings. The van der Waals surface area contributed by atoms with Crippen LogP contribution < -0.4 is 4.72 Å². The highest BCUT2D eigenvalue weighted by Crippen LogP contribution is 2.32. The Morgan fingerprint density at radius 3 is 3.27 bits per heavy atom. The third-order valence-electron chi connectivity index (χ3n) is 1.37. The van der Waals surface area contributed by atoms with Crippen LogP contribution in [0.1, 0.15) is 0 Å². The van der Waals surface area contributed by atoms with Crippen LogP contribution in [0.5, 0.6) is 5.75 Å². The Bertz CT molecular complexity index is 311. The number of benzene rings is 1. The normalized spacial score (nSPS) is 13.8. The molecule has 11 heavy (non-hydrogen) atoms. The minimum atomic E-state index is 0.273. The summed E-state index contributed by atoms with van der Waals surface area (Å²) in [5.74, 6) is 0.273. The molecule has 4 heteroatoms. The first-order chi connectivity index (χ1) is 5.36. The predicted molar refractivity (Wildman–Crippen MR) is 45.3 cm³/mol. The quantitative estimate of drug-likeness (QED) is 0.576. The summed E-state index contributed by atoms with van der Waals surface area (Å²) in [5.41, 5.74) is 0.895. The number of nitrogens with one attached hydrogen (secondary N) is 1. The standard InChI is InChI=1S/C7H6N2OS/c10-5-1-2-6-7(3-5)11-9-4-8-6/h1-4,10H,(H,8,9). The van der Waals surface area contributed by atoms with Crippen molar-refractivity contribution >= 4 is 24.0 Å². The monoisotopic (exact) mass is 166 g/mol. The van der Waals surface area contributed by atoms with E-state index in [9.17, 15) is 0 Å². The Hall–Kier alpha value is -1.16. The number of hydrogen-bond acceptors (Lipinski definition) is 4. The molecule has 0 radical (unpaired) electrons. The third kappa shape index (κ3) is 1.17. The summed E-state index contributed by atoms with van der Waals surface area (Å²) in [5, 5.41) is 9.10. The second-order valence-corrected chi connectivity index (χ2v) is 3.01. The summed E-state index contributed by atoms with van der Waals surface area (Å²) in [7, 11) is 0. The lowest BCUT2D eigenvalue weighted by molar-refractivity contribution is 0.474. The second kappa shape index (κ2) is 2.47. The highest BCUT2D eigenvalue weighted by molar-refractivity contribution is 7.98. The molecule has 1 aliphatic heterocycles. The van der Waals surface area contributed by atoms with Gasteiger partial charge in [-0.3, -0.25) is 0 Å². The molecular weight excluding hydrogens is 160 g/mol.